The Morgan fingerprint density at radius 1 is 0.857 bits per heavy atom. The van der Waals surface area contributed by atoms with E-state index >= 15 is 0 Å². The minimum Gasteiger partial charge on any atom is -0.273 e. The van der Waals surface area contributed by atoms with Crippen LogP contribution in [0.15, 0.2) is 60.0 Å². The van der Waals surface area contributed by atoms with Gasteiger partial charge in [-0.2, -0.15) is 5.10 Å². The van der Waals surface area contributed by atoms with Gasteiger partial charge in [0.05, 0.1) is 5.71 Å². The van der Waals surface area contributed by atoms with Gasteiger partial charge in [0, 0.05) is 29.9 Å². The summed E-state index contributed by atoms with van der Waals surface area (Å²) >= 11 is 0. The van der Waals surface area contributed by atoms with E-state index in [2.05, 4.69) is 22.4 Å². The lowest BCUT2D eigenvalue weighted by Gasteiger charge is -2.07. The minimum absolute atomic E-state index is 0.0275. The van der Waals surface area contributed by atoms with Gasteiger partial charge in [0.1, 0.15) is 0 Å². The smallest absolute Gasteiger partial charge is 0.240 e. The number of nitrogens with zero attached hydrogens (tertiary/aromatic N) is 2. The van der Waals surface area contributed by atoms with Gasteiger partial charge in [0.15, 0.2) is 0 Å². The van der Waals surface area contributed by atoms with Gasteiger partial charge < -0.3 is 0 Å². The second-order valence-electron chi connectivity index (χ2n) is 7.18. The number of hydrogen-bond donors (Lipinski definition) is 1. The van der Waals surface area contributed by atoms with Crippen LogP contribution in [-0.4, -0.2) is 16.6 Å². The first-order chi connectivity index (χ1) is 13.8. The molecule has 0 fully saturated rings. The fraction of sp³-hybridized carbons (Fsp3) is 0.458. The summed E-state index contributed by atoms with van der Waals surface area (Å²) in [6.45, 7) is 2.24. The normalized spacial score (nSPS) is 11.4. The Morgan fingerprint density at radius 2 is 1.50 bits per heavy atom. The summed E-state index contributed by atoms with van der Waals surface area (Å²) in [5.74, 6) is -0.0275. The molecule has 0 aliphatic heterocycles. The lowest BCUT2D eigenvalue weighted by atomic mass is 10.0. The molecule has 0 radical (unpaired) electrons. The molecule has 0 bridgehead atoms. The van der Waals surface area contributed by atoms with E-state index < -0.39 is 0 Å². The van der Waals surface area contributed by atoms with Gasteiger partial charge in [0.25, 0.3) is 0 Å². The molecule has 0 atom stereocenters. The predicted octanol–water partition coefficient (Wildman–Crippen LogP) is 5.87. The van der Waals surface area contributed by atoms with Crippen molar-refractivity contribution < 1.29 is 4.79 Å². The van der Waals surface area contributed by atoms with E-state index in [1.165, 1.54) is 44.9 Å². The molecule has 0 unspecified atom stereocenters. The summed E-state index contributed by atoms with van der Waals surface area (Å²) in [5.41, 5.74) is 5.30. The van der Waals surface area contributed by atoms with Gasteiger partial charge in [-0.1, -0.05) is 88.6 Å². The third-order valence-electron chi connectivity index (χ3n) is 4.78. The maximum Gasteiger partial charge on any atom is 0.240 e. The number of carbonyl (C=O) groups excluding carboxylic acids is 1. The first-order valence-corrected chi connectivity index (χ1v) is 10.6. The van der Waals surface area contributed by atoms with Crippen molar-refractivity contribution in [2.45, 2.75) is 71.1 Å². The number of rotatable bonds is 13. The van der Waals surface area contributed by atoms with Gasteiger partial charge in [-0.05, 0) is 18.6 Å². The first-order valence-electron chi connectivity index (χ1n) is 10.6. The zero-order valence-electron chi connectivity index (χ0n) is 17.1. The lowest BCUT2D eigenvalue weighted by Crippen LogP contribution is -2.20. The predicted molar refractivity (Wildman–Crippen MR) is 116 cm³/mol. The van der Waals surface area contributed by atoms with E-state index in [1.807, 2.05) is 42.5 Å². The number of hydrazone groups is 1. The monoisotopic (exact) mass is 379 g/mol. The molecule has 150 valence electrons. The highest BCUT2D eigenvalue weighted by Crippen LogP contribution is 2.11. The zero-order chi connectivity index (χ0) is 19.9. The number of nitrogens with one attached hydrogen (secondary N) is 1. The van der Waals surface area contributed by atoms with E-state index in [4.69, 9.17) is 0 Å². The molecular weight excluding hydrogens is 346 g/mol. The first kappa shape index (κ1) is 21.8. The molecule has 4 heteroatoms. The van der Waals surface area contributed by atoms with Crippen molar-refractivity contribution >= 4 is 11.6 Å². The van der Waals surface area contributed by atoms with Crippen molar-refractivity contribution in [2.24, 2.45) is 5.10 Å². The zero-order valence-corrected chi connectivity index (χ0v) is 17.1. The molecular formula is C24H33N3O. The van der Waals surface area contributed by atoms with Crippen LogP contribution in [0.4, 0.5) is 0 Å². The van der Waals surface area contributed by atoms with Crippen LogP contribution in [0, 0.1) is 0 Å². The van der Waals surface area contributed by atoms with Crippen molar-refractivity contribution in [1.82, 2.24) is 10.4 Å². The Hall–Kier alpha value is -2.49. The Bertz CT molecular complexity index is 657. The van der Waals surface area contributed by atoms with Crippen LogP contribution >= 0.6 is 0 Å². The fourth-order valence-corrected chi connectivity index (χ4v) is 3.16. The number of aromatic nitrogens is 1. The van der Waals surface area contributed by atoms with Crippen LogP contribution in [0.5, 0.6) is 0 Å². The maximum absolute atomic E-state index is 12.2. The van der Waals surface area contributed by atoms with E-state index in [9.17, 15) is 4.79 Å². The number of pyridine rings is 1. The topological polar surface area (TPSA) is 54.4 Å². The van der Waals surface area contributed by atoms with Crippen molar-refractivity contribution in [2.75, 3.05) is 0 Å². The third kappa shape index (κ3) is 8.47. The van der Waals surface area contributed by atoms with Crippen LogP contribution in [0.25, 0.3) is 0 Å². The van der Waals surface area contributed by atoms with Crippen LogP contribution in [0.2, 0.25) is 0 Å². The molecule has 28 heavy (non-hydrogen) atoms. The van der Waals surface area contributed by atoms with Crippen LogP contribution in [0.1, 0.15) is 82.3 Å². The third-order valence-corrected chi connectivity index (χ3v) is 4.78. The van der Waals surface area contributed by atoms with Crippen molar-refractivity contribution in [3.63, 3.8) is 0 Å². The highest BCUT2D eigenvalue weighted by molar-refractivity contribution is 6.12. The molecule has 0 saturated carbocycles. The molecule has 4 nitrogen and oxygen atoms in total. The Labute approximate surface area is 169 Å². The maximum atomic E-state index is 12.2. The number of benzene rings is 1. The minimum atomic E-state index is -0.0275. The van der Waals surface area contributed by atoms with Crippen LogP contribution in [0.3, 0.4) is 0 Å². The summed E-state index contributed by atoms with van der Waals surface area (Å²) in [4.78, 5) is 16.3. The largest absolute Gasteiger partial charge is 0.273 e. The number of hydrogen-bond acceptors (Lipinski definition) is 3. The highest BCUT2D eigenvalue weighted by atomic mass is 16.2. The number of carbonyl (C=O) groups is 1. The van der Waals surface area contributed by atoms with Crippen molar-refractivity contribution in [1.29, 1.82) is 0 Å². The molecule has 0 spiro atoms. The van der Waals surface area contributed by atoms with E-state index in [1.54, 1.807) is 12.4 Å². The van der Waals surface area contributed by atoms with Gasteiger partial charge in [-0.25, -0.2) is 5.43 Å². The van der Waals surface area contributed by atoms with Gasteiger partial charge in [0.2, 0.25) is 5.91 Å². The van der Waals surface area contributed by atoms with Crippen LogP contribution < -0.4 is 5.43 Å². The second kappa shape index (κ2) is 13.6. The van der Waals surface area contributed by atoms with Crippen molar-refractivity contribution in [3.05, 3.63) is 66.0 Å². The lowest BCUT2D eigenvalue weighted by molar-refractivity contribution is -0.121. The van der Waals surface area contributed by atoms with E-state index in [0.29, 0.717) is 6.42 Å². The molecule has 1 heterocycles. The molecule has 1 aromatic heterocycles. The Morgan fingerprint density at radius 3 is 2.14 bits per heavy atom. The van der Waals surface area contributed by atoms with Crippen LogP contribution in [-0.2, 0) is 4.79 Å². The van der Waals surface area contributed by atoms with E-state index in [0.717, 1.165) is 29.7 Å². The van der Waals surface area contributed by atoms with E-state index in [-0.39, 0.29) is 5.91 Å². The van der Waals surface area contributed by atoms with Gasteiger partial charge >= 0.3 is 0 Å². The average molecular weight is 380 g/mol. The Balaban J connectivity index is 1.75. The summed E-state index contributed by atoms with van der Waals surface area (Å²) < 4.78 is 0. The molecule has 0 saturated heterocycles. The SMILES string of the molecule is CCCCCCCCCCCC(=O)N/N=C(/c1ccccc1)c1cccnc1. The molecule has 1 amide bonds. The molecule has 0 aliphatic carbocycles. The summed E-state index contributed by atoms with van der Waals surface area (Å²) in [5, 5.41) is 4.40. The fourth-order valence-electron chi connectivity index (χ4n) is 3.16. The van der Waals surface area contributed by atoms with Gasteiger partial charge in [-0.3, -0.25) is 9.78 Å². The second-order valence-corrected chi connectivity index (χ2v) is 7.18. The molecule has 2 aromatic rings. The van der Waals surface area contributed by atoms with Gasteiger partial charge in [-0.15, -0.1) is 0 Å². The summed E-state index contributed by atoms with van der Waals surface area (Å²) in [6, 6.07) is 13.7. The molecule has 2 rings (SSSR count). The molecule has 1 aromatic carbocycles. The number of unbranched alkanes of at least 4 members (excludes halogenated alkanes) is 8. The van der Waals surface area contributed by atoms with Crippen molar-refractivity contribution in [3.8, 4) is 0 Å². The average Bonchev–Trinajstić information content (AvgIpc) is 2.74. The number of amides is 1. The summed E-state index contributed by atoms with van der Waals surface area (Å²) in [6.07, 6.45) is 15.2. The molecule has 1 N–H and O–H groups in total. The quantitative estimate of drug-likeness (QED) is 0.269. The molecule has 0 aliphatic rings. The standard InChI is InChI=1S/C24H33N3O/c1-2-3-4-5-6-7-8-9-13-18-23(28)26-27-24(21-15-11-10-12-16-21)22-17-14-19-25-20-22/h10-12,14-17,19-20H,2-9,13,18H2,1H3,(H,26,28)/b27-24-. The Kier molecular flexibility index (Phi) is 10.6. The summed E-state index contributed by atoms with van der Waals surface area (Å²) in [7, 11) is 0. The highest BCUT2D eigenvalue weighted by Gasteiger charge is 2.08.